The Morgan fingerprint density at radius 1 is 0.842 bits per heavy atom. The zero-order valence-electron chi connectivity index (χ0n) is 24.9. The molecule has 1 heterocycles. The molecular weight excluding hydrogens is 468 g/mol. The lowest BCUT2D eigenvalue weighted by Crippen LogP contribution is -2.41. The number of likely N-dealkylation sites (N-methyl/N-ethyl adjacent to an activating group) is 1. The fourth-order valence-electron chi connectivity index (χ4n) is 4.68. The highest BCUT2D eigenvalue weighted by Crippen LogP contribution is 2.31. The highest BCUT2D eigenvalue weighted by Gasteiger charge is 2.32. The first-order valence-corrected chi connectivity index (χ1v) is 14.4. The quantitative estimate of drug-likeness (QED) is 0.353. The molecule has 0 saturated carbocycles. The zero-order valence-corrected chi connectivity index (χ0v) is 24.9. The van der Waals surface area contributed by atoms with Gasteiger partial charge in [-0.1, -0.05) is 132 Å². The Labute approximate surface area is 232 Å². The molecule has 0 aliphatic carbocycles. The summed E-state index contributed by atoms with van der Waals surface area (Å²) in [6.07, 6.45) is 0.505. The van der Waals surface area contributed by atoms with E-state index < -0.39 is 0 Å². The SMILES string of the molecule is CC.CC.CC.Cc1cccc([C@@H](CN2CC[C@H](O)C2)N(C)C(=O)C(c2ccccc2)c2ccccc2)c1. The fourth-order valence-corrected chi connectivity index (χ4v) is 4.68. The maximum absolute atomic E-state index is 14.0. The Morgan fingerprint density at radius 2 is 1.34 bits per heavy atom. The van der Waals surface area contributed by atoms with Crippen molar-refractivity contribution < 1.29 is 9.90 Å². The number of carbonyl (C=O) groups is 1. The van der Waals surface area contributed by atoms with Crippen LogP contribution in [0, 0.1) is 6.92 Å². The predicted octanol–water partition coefficient (Wildman–Crippen LogP) is 7.47. The molecule has 0 radical (unpaired) electrons. The van der Waals surface area contributed by atoms with Gasteiger partial charge in [0.25, 0.3) is 0 Å². The molecule has 1 N–H and O–H groups in total. The van der Waals surface area contributed by atoms with Crippen molar-refractivity contribution in [2.24, 2.45) is 0 Å². The monoisotopic (exact) mass is 518 g/mol. The molecule has 4 heteroatoms. The van der Waals surface area contributed by atoms with E-state index in [4.69, 9.17) is 0 Å². The molecule has 1 amide bonds. The van der Waals surface area contributed by atoms with Crippen molar-refractivity contribution in [2.75, 3.05) is 26.7 Å². The third-order valence-corrected chi connectivity index (χ3v) is 6.43. The van der Waals surface area contributed by atoms with Gasteiger partial charge in [0.1, 0.15) is 0 Å². The van der Waals surface area contributed by atoms with Gasteiger partial charge in [-0.25, -0.2) is 0 Å². The van der Waals surface area contributed by atoms with E-state index in [0.29, 0.717) is 13.1 Å². The molecule has 1 fully saturated rings. The second kappa shape index (κ2) is 18.3. The molecule has 1 aliphatic rings. The summed E-state index contributed by atoms with van der Waals surface area (Å²) < 4.78 is 0. The van der Waals surface area contributed by atoms with Gasteiger partial charge >= 0.3 is 0 Å². The normalized spacial score (nSPS) is 15.2. The average Bonchev–Trinajstić information content (AvgIpc) is 3.40. The van der Waals surface area contributed by atoms with Crippen LogP contribution in [0.4, 0.5) is 0 Å². The van der Waals surface area contributed by atoms with Crippen LogP contribution in [0.25, 0.3) is 0 Å². The maximum Gasteiger partial charge on any atom is 0.234 e. The number of rotatable bonds is 7. The van der Waals surface area contributed by atoms with E-state index in [9.17, 15) is 9.90 Å². The van der Waals surface area contributed by atoms with Gasteiger partial charge in [0.05, 0.1) is 18.1 Å². The first-order valence-electron chi connectivity index (χ1n) is 14.4. The van der Waals surface area contributed by atoms with Crippen LogP contribution in [-0.2, 0) is 4.79 Å². The standard InChI is InChI=1S/C28H32N2O2.3C2H6/c1-21-10-9-15-24(18-21)26(20-30-17-16-25(31)19-30)29(2)28(32)27(22-11-5-3-6-12-22)23-13-7-4-8-14-23;3*1-2/h3-15,18,25-27,31H,16-17,19-20H2,1-2H3;3*1-2H3/t25-,26+;;;/m0.../s1. The molecule has 38 heavy (non-hydrogen) atoms. The van der Waals surface area contributed by atoms with Crippen LogP contribution in [-0.4, -0.2) is 53.6 Å². The minimum Gasteiger partial charge on any atom is -0.392 e. The first-order chi connectivity index (χ1) is 18.5. The topological polar surface area (TPSA) is 43.8 Å². The Morgan fingerprint density at radius 3 is 1.79 bits per heavy atom. The molecule has 0 aromatic heterocycles. The number of amides is 1. The number of β-amino-alcohol motifs (C(OH)–C–C–N with tert-alkyl or cyclic N) is 1. The van der Waals surface area contributed by atoms with Crippen LogP contribution in [0.3, 0.4) is 0 Å². The largest absolute Gasteiger partial charge is 0.392 e. The van der Waals surface area contributed by atoms with Crippen molar-refractivity contribution >= 4 is 5.91 Å². The minimum absolute atomic E-state index is 0.0775. The van der Waals surface area contributed by atoms with Crippen molar-refractivity contribution in [3.8, 4) is 0 Å². The number of aliphatic hydroxyl groups excluding tert-OH is 1. The van der Waals surface area contributed by atoms with Gasteiger partial charge < -0.3 is 10.0 Å². The zero-order chi connectivity index (χ0) is 28.5. The summed E-state index contributed by atoms with van der Waals surface area (Å²) in [4.78, 5) is 18.2. The summed E-state index contributed by atoms with van der Waals surface area (Å²) in [5.41, 5.74) is 4.30. The third kappa shape index (κ3) is 9.41. The highest BCUT2D eigenvalue weighted by molar-refractivity contribution is 5.87. The van der Waals surface area contributed by atoms with Crippen LogP contribution in [0.15, 0.2) is 84.9 Å². The molecule has 1 saturated heterocycles. The smallest absolute Gasteiger partial charge is 0.234 e. The van der Waals surface area contributed by atoms with Crippen molar-refractivity contribution in [2.45, 2.75) is 73.0 Å². The van der Waals surface area contributed by atoms with Crippen LogP contribution >= 0.6 is 0 Å². The van der Waals surface area contributed by atoms with E-state index in [0.717, 1.165) is 29.7 Å². The number of nitrogens with zero attached hydrogens (tertiary/aromatic N) is 2. The molecule has 3 aromatic rings. The summed E-state index contributed by atoms with van der Waals surface area (Å²) >= 11 is 0. The van der Waals surface area contributed by atoms with Gasteiger partial charge in [-0.2, -0.15) is 0 Å². The summed E-state index contributed by atoms with van der Waals surface area (Å²) in [7, 11) is 1.92. The summed E-state index contributed by atoms with van der Waals surface area (Å²) in [6, 6.07) is 28.3. The summed E-state index contributed by atoms with van der Waals surface area (Å²) in [6.45, 7) is 16.3. The van der Waals surface area contributed by atoms with E-state index in [1.54, 1.807) is 0 Å². The van der Waals surface area contributed by atoms with E-state index in [1.165, 1.54) is 5.56 Å². The van der Waals surface area contributed by atoms with E-state index in [2.05, 4.69) is 36.1 Å². The van der Waals surface area contributed by atoms with Gasteiger partial charge in [0.2, 0.25) is 5.91 Å². The van der Waals surface area contributed by atoms with Crippen LogP contribution in [0.2, 0.25) is 0 Å². The number of likely N-dealkylation sites (tertiary alicyclic amines) is 1. The average molecular weight is 519 g/mol. The van der Waals surface area contributed by atoms with E-state index in [1.807, 2.05) is 114 Å². The summed E-state index contributed by atoms with van der Waals surface area (Å²) in [5, 5.41) is 10.0. The Kier molecular flexibility index (Phi) is 16.0. The maximum atomic E-state index is 14.0. The van der Waals surface area contributed by atoms with Crippen LogP contribution in [0.5, 0.6) is 0 Å². The molecule has 3 aromatic carbocycles. The molecule has 0 bridgehead atoms. The number of carbonyl (C=O) groups excluding carboxylic acids is 1. The van der Waals surface area contributed by atoms with Gasteiger partial charge in [-0.3, -0.25) is 9.69 Å². The minimum atomic E-state index is -0.362. The highest BCUT2D eigenvalue weighted by atomic mass is 16.3. The lowest BCUT2D eigenvalue weighted by molar-refractivity contribution is -0.133. The van der Waals surface area contributed by atoms with Crippen LogP contribution in [0.1, 0.15) is 82.2 Å². The first kappa shape index (κ1) is 33.1. The molecule has 4 rings (SSSR count). The Bertz CT molecular complexity index is 983. The molecule has 208 valence electrons. The number of hydrogen-bond donors (Lipinski definition) is 1. The number of aliphatic hydroxyl groups is 1. The second-order valence-electron chi connectivity index (χ2n) is 8.84. The van der Waals surface area contributed by atoms with Gasteiger partial charge in [0, 0.05) is 26.7 Å². The van der Waals surface area contributed by atoms with Gasteiger partial charge in [-0.05, 0) is 30.0 Å². The second-order valence-corrected chi connectivity index (χ2v) is 8.84. The third-order valence-electron chi connectivity index (χ3n) is 6.43. The molecule has 4 nitrogen and oxygen atoms in total. The number of aryl methyl sites for hydroxylation is 1. The lowest BCUT2D eigenvalue weighted by Gasteiger charge is -2.34. The number of hydrogen-bond acceptors (Lipinski definition) is 3. The Balaban J connectivity index is 0.00000112. The molecule has 0 spiro atoms. The molecule has 1 aliphatic heterocycles. The van der Waals surface area contributed by atoms with Crippen molar-refractivity contribution in [1.29, 1.82) is 0 Å². The van der Waals surface area contributed by atoms with Crippen molar-refractivity contribution in [1.82, 2.24) is 9.80 Å². The van der Waals surface area contributed by atoms with Gasteiger partial charge in [-0.15, -0.1) is 0 Å². The van der Waals surface area contributed by atoms with E-state index in [-0.39, 0.29) is 24.0 Å². The molecular formula is C34H50N2O2. The van der Waals surface area contributed by atoms with Crippen molar-refractivity contribution in [3.05, 3.63) is 107 Å². The van der Waals surface area contributed by atoms with Crippen molar-refractivity contribution in [3.63, 3.8) is 0 Å². The summed E-state index contributed by atoms with van der Waals surface area (Å²) in [5.74, 6) is -0.285. The molecule has 0 unspecified atom stereocenters. The molecule has 2 atom stereocenters. The predicted molar refractivity (Wildman–Crippen MR) is 163 cm³/mol. The Hall–Kier alpha value is -2.95. The van der Waals surface area contributed by atoms with Crippen LogP contribution < -0.4 is 0 Å². The van der Waals surface area contributed by atoms with E-state index >= 15 is 0 Å². The number of benzene rings is 3. The van der Waals surface area contributed by atoms with Gasteiger partial charge in [0.15, 0.2) is 0 Å². The lowest BCUT2D eigenvalue weighted by atomic mass is 9.89. The fraction of sp³-hybridized carbons (Fsp3) is 0.441.